The molecule has 1 unspecified atom stereocenters. The lowest BCUT2D eigenvalue weighted by Crippen LogP contribution is -2.89. The van der Waals surface area contributed by atoms with Crippen molar-refractivity contribution in [1.29, 1.82) is 0 Å². The van der Waals surface area contributed by atoms with Crippen LogP contribution in [0, 0.1) is 0 Å². The lowest BCUT2D eigenvalue weighted by Gasteiger charge is -2.55. The van der Waals surface area contributed by atoms with Gasteiger partial charge in [0.2, 0.25) is 0 Å². The molecule has 2 fully saturated rings. The highest BCUT2D eigenvalue weighted by atomic mass is 19.4. The number of hydrogen-bond donors (Lipinski definition) is 0. The smallest absolute Gasteiger partial charge is 0.269 e. The molecule has 1 aliphatic carbocycles. The molecule has 19 heteroatoms. The third-order valence-corrected chi connectivity index (χ3v) is 4.32. The molecule has 0 bridgehead atoms. The fourth-order valence-corrected chi connectivity index (χ4v) is 2.60. The first-order valence-electron chi connectivity index (χ1n) is 6.31. The summed E-state index contributed by atoms with van der Waals surface area (Å²) < 4.78 is 241. The van der Waals surface area contributed by atoms with Gasteiger partial charge in [0.1, 0.15) is 0 Å². The predicted octanol–water partition coefficient (Wildman–Crippen LogP) is 5.44. The van der Waals surface area contributed by atoms with Crippen LogP contribution in [0.2, 0.25) is 0 Å². The Bertz CT molecular complexity index is 692. The van der Waals surface area contributed by atoms with Crippen molar-refractivity contribution in [2.75, 3.05) is 0 Å². The van der Waals surface area contributed by atoms with Gasteiger partial charge in [0, 0.05) is 0 Å². The summed E-state index contributed by atoms with van der Waals surface area (Å²) in [7, 11) is 0. The Hall–Kier alpha value is -1.30. The van der Waals surface area contributed by atoms with Crippen LogP contribution in [0.5, 0.6) is 0 Å². The minimum atomic E-state index is -8.59. The average Bonchev–Trinajstić information content (AvgIpc) is 2.59. The Morgan fingerprint density at radius 2 is 0.586 bits per heavy atom. The van der Waals surface area contributed by atoms with Gasteiger partial charge in [-0.1, -0.05) is 0 Å². The maximum atomic E-state index is 14.3. The molecule has 1 heterocycles. The minimum Gasteiger partial charge on any atom is -0.269 e. The Morgan fingerprint density at radius 3 is 0.828 bits per heavy atom. The molecule has 2 aliphatic rings. The molecule has 0 amide bonds. The van der Waals surface area contributed by atoms with E-state index >= 15 is 0 Å². The first-order valence-corrected chi connectivity index (χ1v) is 6.31. The molecule has 0 aromatic rings. The first-order chi connectivity index (χ1) is 12.2. The lowest BCUT2D eigenvalue weighted by molar-refractivity contribution is -0.525. The summed E-state index contributed by atoms with van der Waals surface area (Å²) in [5.74, 6) is -65.0. The molecule has 1 saturated carbocycles. The zero-order chi connectivity index (χ0) is 23.7. The zero-order valence-corrected chi connectivity index (χ0v) is 12.2. The van der Waals surface area contributed by atoms with Crippen LogP contribution in [-0.4, -0.2) is 59.1 Å². The fourth-order valence-electron chi connectivity index (χ4n) is 2.60. The van der Waals surface area contributed by atoms with Gasteiger partial charge in [-0.3, -0.25) is 4.74 Å². The van der Waals surface area contributed by atoms with Crippen molar-refractivity contribution in [3.63, 3.8) is 0 Å². The summed E-state index contributed by atoms with van der Waals surface area (Å²) in [6, 6.07) is 0. The van der Waals surface area contributed by atoms with Crippen molar-refractivity contribution in [3.8, 4) is 0 Å². The molecule has 172 valence electrons. The van der Waals surface area contributed by atoms with Crippen molar-refractivity contribution in [2.24, 2.45) is 0 Å². The number of rotatable bonds is 1. The maximum absolute atomic E-state index is 14.3. The van der Waals surface area contributed by atoms with Crippen LogP contribution in [0.15, 0.2) is 0 Å². The van der Waals surface area contributed by atoms with Crippen molar-refractivity contribution in [1.82, 2.24) is 0 Å². The maximum Gasteiger partial charge on any atom is 0.428 e. The van der Waals surface area contributed by atoms with Crippen LogP contribution in [0.3, 0.4) is 0 Å². The molecule has 0 radical (unpaired) electrons. The highest BCUT2D eigenvalue weighted by Crippen LogP contribution is 2.76. The van der Waals surface area contributed by atoms with Crippen molar-refractivity contribution in [3.05, 3.63) is 0 Å². The first kappa shape index (κ1) is 24.0. The highest BCUT2D eigenvalue weighted by Gasteiger charge is 3.10. The molecule has 0 spiro atoms. The largest absolute Gasteiger partial charge is 0.428 e. The molecular weight excluding hydrogens is 478 g/mol. The van der Waals surface area contributed by atoms with Gasteiger partial charge >= 0.3 is 59.1 Å². The Labute approximate surface area is 144 Å². The van der Waals surface area contributed by atoms with Crippen LogP contribution in [0.25, 0.3) is 0 Å². The highest BCUT2D eigenvalue weighted by molar-refractivity contribution is 5.34. The van der Waals surface area contributed by atoms with Gasteiger partial charge in [0.15, 0.2) is 0 Å². The normalized spacial score (nSPS) is 39.1. The summed E-state index contributed by atoms with van der Waals surface area (Å²) in [4.78, 5) is 0. The summed E-state index contributed by atoms with van der Waals surface area (Å²) in [5, 5.41) is 0. The summed E-state index contributed by atoms with van der Waals surface area (Å²) in [6.07, 6.45) is -7.24. The quantitative estimate of drug-likeness (QED) is 0.457. The van der Waals surface area contributed by atoms with Gasteiger partial charge < -0.3 is 0 Å². The van der Waals surface area contributed by atoms with Gasteiger partial charge in [-0.15, -0.1) is 0 Å². The monoisotopic (exact) mass is 478 g/mol. The summed E-state index contributed by atoms with van der Waals surface area (Å²) in [6.45, 7) is 0. The Morgan fingerprint density at radius 1 is 0.310 bits per heavy atom. The fraction of sp³-hybridized carbons (Fsp3) is 1.00. The van der Waals surface area contributed by atoms with Crippen LogP contribution in [0.4, 0.5) is 79.0 Å². The second kappa shape index (κ2) is 4.95. The zero-order valence-electron chi connectivity index (χ0n) is 12.2. The average molecular weight is 478 g/mol. The molecular formula is C10F18O. The molecule has 2 rings (SSSR count). The van der Waals surface area contributed by atoms with Crippen molar-refractivity contribution in [2.45, 2.75) is 59.1 Å². The van der Waals surface area contributed by atoms with Crippen molar-refractivity contribution >= 4 is 0 Å². The Balaban J connectivity index is 3.04. The molecule has 0 aromatic carbocycles. The molecule has 0 aromatic heterocycles. The molecule has 1 saturated heterocycles. The van der Waals surface area contributed by atoms with E-state index in [1.165, 1.54) is 0 Å². The van der Waals surface area contributed by atoms with E-state index in [1.54, 1.807) is 4.74 Å². The molecule has 29 heavy (non-hydrogen) atoms. The van der Waals surface area contributed by atoms with Gasteiger partial charge in [-0.2, -0.15) is 70.2 Å². The van der Waals surface area contributed by atoms with Crippen LogP contribution < -0.4 is 0 Å². The second-order valence-electron chi connectivity index (χ2n) is 5.89. The van der Waals surface area contributed by atoms with E-state index in [0.717, 1.165) is 0 Å². The topological polar surface area (TPSA) is 9.23 Å². The number of ether oxygens (including phenoxy) is 1. The van der Waals surface area contributed by atoms with E-state index in [0.29, 0.717) is 0 Å². The predicted molar refractivity (Wildman–Crippen MR) is 48.3 cm³/mol. The van der Waals surface area contributed by atoms with Gasteiger partial charge in [0.25, 0.3) is 0 Å². The van der Waals surface area contributed by atoms with Crippen LogP contribution >= 0.6 is 0 Å². The Kier molecular flexibility index (Phi) is 4.09. The van der Waals surface area contributed by atoms with Crippen LogP contribution in [0.1, 0.15) is 0 Å². The van der Waals surface area contributed by atoms with E-state index < -0.39 is 59.1 Å². The van der Waals surface area contributed by atoms with Gasteiger partial charge in [-0.05, 0) is 0 Å². The number of alkyl halides is 18. The van der Waals surface area contributed by atoms with E-state index in [2.05, 4.69) is 0 Å². The van der Waals surface area contributed by atoms with Crippen molar-refractivity contribution < 1.29 is 83.8 Å². The molecule has 1 nitrogen and oxygen atoms in total. The van der Waals surface area contributed by atoms with E-state index in [4.69, 9.17) is 0 Å². The SMILES string of the molecule is FC1(F)OC(F)(C2(F)C(F)(F)C(F)(F)C(F)(F)C(F)(F)C2(F)F)C(F)(F)C1(F)F. The van der Waals surface area contributed by atoms with Gasteiger partial charge in [-0.25, -0.2) is 8.78 Å². The van der Waals surface area contributed by atoms with Crippen LogP contribution in [-0.2, 0) is 4.74 Å². The lowest BCUT2D eigenvalue weighted by atomic mass is 9.67. The second-order valence-corrected chi connectivity index (χ2v) is 5.89. The third kappa shape index (κ3) is 1.82. The van der Waals surface area contributed by atoms with Gasteiger partial charge in [0.05, 0.1) is 0 Å². The van der Waals surface area contributed by atoms with E-state index in [1.807, 2.05) is 0 Å². The standard InChI is InChI=1S/C10F18O/c11-1(9(26)7(22,23)8(24,25)10(27,28)29-9)2(12,13)4(16,17)6(20,21)5(18,19)3(1,14)15. The molecule has 1 aliphatic heterocycles. The summed E-state index contributed by atoms with van der Waals surface area (Å²) >= 11 is 0. The summed E-state index contributed by atoms with van der Waals surface area (Å²) in [5.41, 5.74) is -8.59. The number of hydrogen-bond acceptors (Lipinski definition) is 1. The molecule has 1 atom stereocenters. The number of halogens is 18. The van der Waals surface area contributed by atoms with E-state index in [9.17, 15) is 79.0 Å². The minimum absolute atomic E-state index is 1.59. The third-order valence-electron chi connectivity index (χ3n) is 4.32. The molecule has 0 N–H and O–H groups in total. The van der Waals surface area contributed by atoms with E-state index in [-0.39, 0.29) is 0 Å².